The van der Waals surface area contributed by atoms with E-state index in [1.54, 1.807) is 0 Å². The molecule has 1 aromatic rings. The molecule has 1 N–H and O–H groups in total. The Hall–Kier alpha value is -0.570. The number of halogens is 1. The van der Waals surface area contributed by atoms with Gasteiger partial charge in [0.25, 0.3) is 0 Å². The standard InChI is InChI=1S/C13H18ClNO/c1-10-7-11(4-5-13(10)14)8-15-9-12-3-2-6-16-12/h4-5,7,12,15H,2-3,6,8-9H2,1H3. The first-order valence-electron chi connectivity index (χ1n) is 5.83. The summed E-state index contributed by atoms with van der Waals surface area (Å²) in [6.45, 7) is 4.79. The molecule has 0 saturated carbocycles. The molecule has 1 aliphatic heterocycles. The second-order valence-corrected chi connectivity index (χ2v) is 4.76. The van der Waals surface area contributed by atoms with Crippen molar-refractivity contribution < 1.29 is 4.74 Å². The zero-order chi connectivity index (χ0) is 11.4. The van der Waals surface area contributed by atoms with E-state index in [2.05, 4.69) is 17.4 Å². The van der Waals surface area contributed by atoms with Crippen LogP contribution in [0.15, 0.2) is 18.2 Å². The second-order valence-electron chi connectivity index (χ2n) is 4.35. The molecule has 0 spiro atoms. The van der Waals surface area contributed by atoms with Crippen LogP contribution in [0, 0.1) is 6.92 Å². The molecule has 1 unspecified atom stereocenters. The lowest BCUT2D eigenvalue weighted by atomic mass is 10.1. The van der Waals surface area contributed by atoms with Gasteiger partial charge in [0.05, 0.1) is 6.10 Å². The molecule has 0 aromatic heterocycles. The van der Waals surface area contributed by atoms with Crippen molar-refractivity contribution in [2.24, 2.45) is 0 Å². The summed E-state index contributed by atoms with van der Waals surface area (Å²) in [5.41, 5.74) is 2.41. The van der Waals surface area contributed by atoms with E-state index in [9.17, 15) is 0 Å². The first-order valence-corrected chi connectivity index (χ1v) is 6.21. The smallest absolute Gasteiger partial charge is 0.0700 e. The van der Waals surface area contributed by atoms with Gasteiger partial charge in [-0.3, -0.25) is 0 Å². The Kier molecular flexibility index (Phi) is 4.22. The third-order valence-electron chi connectivity index (χ3n) is 2.95. The topological polar surface area (TPSA) is 21.3 Å². The molecule has 2 rings (SSSR count). The number of nitrogens with one attached hydrogen (secondary N) is 1. The van der Waals surface area contributed by atoms with Crippen LogP contribution in [-0.2, 0) is 11.3 Å². The summed E-state index contributed by atoms with van der Waals surface area (Å²) in [6.07, 6.45) is 2.80. The van der Waals surface area contributed by atoms with Gasteiger partial charge < -0.3 is 10.1 Å². The van der Waals surface area contributed by atoms with Crippen molar-refractivity contribution in [3.63, 3.8) is 0 Å². The van der Waals surface area contributed by atoms with E-state index in [4.69, 9.17) is 16.3 Å². The normalized spacial score (nSPS) is 20.2. The molecule has 16 heavy (non-hydrogen) atoms. The number of ether oxygens (including phenoxy) is 1. The minimum Gasteiger partial charge on any atom is -0.377 e. The number of aryl methyl sites for hydroxylation is 1. The van der Waals surface area contributed by atoms with Crippen LogP contribution in [0.3, 0.4) is 0 Å². The monoisotopic (exact) mass is 239 g/mol. The number of rotatable bonds is 4. The van der Waals surface area contributed by atoms with E-state index >= 15 is 0 Å². The van der Waals surface area contributed by atoms with Crippen molar-refractivity contribution in [3.8, 4) is 0 Å². The molecule has 1 aromatic carbocycles. The predicted molar refractivity (Wildman–Crippen MR) is 66.9 cm³/mol. The van der Waals surface area contributed by atoms with Crippen LogP contribution < -0.4 is 5.32 Å². The molecule has 88 valence electrons. The van der Waals surface area contributed by atoms with Crippen molar-refractivity contribution in [2.45, 2.75) is 32.4 Å². The van der Waals surface area contributed by atoms with Crippen molar-refractivity contribution in [3.05, 3.63) is 34.3 Å². The molecule has 0 amide bonds. The molecule has 1 atom stereocenters. The largest absolute Gasteiger partial charge is 0.377 e. The van der Waals surface area contributed by atoms with Crippen molar-refractivity contribution >= 4 is 11.6 Å². The first kappa shape index (κ1) is 11.9. The van der Waals surface area contributed by atoms with E-state index in [1.807, 2.05) is 13.0 Å². The van der Waals surface area contributed by atoms with Crippen LogP contribution in [0.2, 0.25) is 5.02 Å². The van der Waals surface area contributed by atoms with Gasteiger partial charge in [-0.15, -0.1) is 0 Å². The van der Waals surface area contributed by atoms with Crippen LogP contribution >= 0.6 is 11.6 Å². The third-order valence-corrected chi connectivity index (χ3v) is 3.37. The molecular formula is C13H18ClNO. The summed E-state index contributed by atoms with van der Waals surface area (Å²) in [4.78, 5) is 0. The number of hydrogen-bond donors (Lipinski definition) is 1. The van der Waals surface area contributed by atoms with Crippen LogP contribution in [0.5, 0.6) is 0 Å². The summed E-state index contributed by atoms with van der Waals surface area (Å²) >= 11 is 5.98. The van der Waals surface area contributed by atoms with E-state index < -0.39 is 0 Å². The summed E-state index contributed by atoms with van der Waals surface area (Å²) in [7, 11) is 0. The molecule has 0 bridgehead atoms. The van der Waals surface area contributed by atoms with Gasteiger partial charge in [-0.2, -0.15) is 0 Å². The lowest BCUT2D eigenvalue weighted by Gasteiger charge is -2.11. The average molecular weight is 240 g/mol. The fourth-order valence-electron chi connectivity index (χ4n) is 2.00. The van der Waals surface area contributed by atoms with E-state index in [0.29, 0.717) is 6.10 Å². The van der Waals surface area contributed by atoms with Crippen molar-refractivity contribution in [1.29, 1.82) is 0 Å². The van der Waals surface area contributed by atoms with Gasteiger partial charge in [-0.05, 0) is 37.0 Å². The predicted octanol–water partition coefficient (Wildman–Crippen LogP) is 2.92. The summed E-state index contributed by atoms with van der Waals surface area (Å²) in [5, 5.41) is 4.26. The Morgan fingerprint density at radius 2 is 2.38 bits per heavy atom. The van der Waals surface area contributed by atoms with Gasteiger partial charge in [0.15, 0.2) is 0 Å². The summed E-state index contributed by atoms with van der Waals surface area (Å²) < 4.78 is 5.55. The Morgan fingerprint density at radius 1 is 1.50 bits per heavy atom. The molecule has 0 aliphatic carbocycles. The first-order chi connectivity index (χ1) is 7.75. The quantitative estimate of drug-likeness (QED) is 0.873. The van der Waals surface area contributed by atoms with Gasteiger partial charge in [0.1, 0.15) is 0 Å². The van der Waals surface area contributed by atoms with Gasteiger partial charge in [0.2, 0.25) is 0 Å². The molecule has 1 saturated heterocycles. The maximum atomic E-state index is 5.98. The van der Waals surface area contributed by atoms with Crippen molar-refractivity contribution in [1.82, 2.24) is 5.32 Å². The van der Waals surface area contributed by atoms with Gasteiger partial charge in [0, 0.05) is 24.7 Å². The Bertz CT molecular complexity index is 348. The number of hydrogen-bond acceptors (Lipinski definition) is 2. The van der Waals surface area contributed by atoms with Gasteiger partial charge >= 0.3 is 0 Å². The van der Waals surface area contributed by atoms with Crippen LogP contribution in [-0.4, -0.2) is 19.3 Å². The Balaban J connectivity index is 1.78. The Labute approximate surface area is 102 Å². The lowest BCUT2D eigenvalue weighted by Crippen LogP contribution is -2.25. The summed E-state index contributed by atoms with van der Waals surface area (Å²) in [5.74, 6) is 0. The van der Waals surface area contributed by atoms with E-state index in [1.165, 1.54) is 18.4 Å². The zero-order valence-electron chi connectivity index (χ0n) is 9.63. The lowest BCUT2D eigenvalue weighted by molar-refractivity contribution is 0.110. The summed E-state index contributed by atoms with van der Waals surface area (Å²) in [6, 6.07) is 6.16. The SMILES string of the molecule is Cc1cc(CNCC2CCCO2)ccc1Cl. The fraction of sp³-hybridized carbons (Fsp3) is 0.538. The highest BCUT2D eigenvalue weighted by Gasteiger charge is 2.14. The zero-order valence-corrected chi connectivity index (χ0v) is 10.4. The molecule has 0 radical (unpaired) electrons. The highest BCUT2D eigenvalue weighted by Crippen LogP contribution is 2.16. The highest BCUT2D eigenvalue weighted by atomic mass is 35.5. The second kappa shape index (κ2) is 5.67. The maximum Gasteiger partial charge on any atom is 0.0700 e. The molecular weight excluding hydrogens is 222 g/mol. The van der Waals surface area contributed by atoms with Crippen LogP contribution in [0.25, 0.3) is 0 Å². The van der Waals surface area contributed by atoms with Crippen LogP contribution in [0.1, 0.15) is 24.0 Å². The van der Waals surface area contributed by atoms with Gasteiger partial charge in [-0.25, -0.2) is 0 Å². The minimum absolute atomic E-state index is 0.411. The Morgan fingerprint density at radius 3 is 3.06 bits per heavy atom. The van der Waals surface area contributed by atoms with E-state index in [0.717, 1.165) is 30.3 Å². The minimum atomic E-state index is 0.411. The third kappa shape index (κ3) is 3.21. The molecule has 2 nitrogen and oxygen atoms in total. The van der Waals surface area contributed by atoms with Gasteiger partial charge in [-0.1, -0.05) is 23.7 Å². The van der Waals surface area contributed by atoms with E-state index in [-0.39, 0.29) is 0 Å². The fourth-order valence-corrected chi connectivity index (χ4v) is 2.12. The molecule has 1 aliphatic rings. The molecule has 1 heterocycles. The maximum absolute atomic E-state index is 5.98. The molecule has 1 fully saturated rings. The van der Waals surface area contributed by atoms with Crippen LogP contribution in [0.4, 0.5) is 0 Å². The van der Waals surface area contributed by atoms with Crippen molar-refractivity contribution in [2.75, 3.05) is 13.2 Å². The number of benzene rings is 1. The average Bonchev–Trinajstić information content (AvgIpc) is 2.76. The molecule has 3 heteroatoms. The highest BCUT2D eigenvalue weighted by molar-refractivity contribution is 6.31.